The molecule has 3 heteroatoms. The molecule has 1 aliphatic heterocycles. The van der Waals surface area contributed by atoms with Crippen LogP contribution in [0, 0.1) is 0 Å². The molecule has 1 heterocycles. The molecule has 1 aliphatic rings. The SMILES string of the molecule is C=C(C)COc1cccc(C2(C)CCCN2)c1Br. The first-order valence-corrected chi connectivity index (χ1v) is 7.13. The molecule has 98 valence electrons. The molecule has 1 fully saturated rings. The van der Waals surface area contributed by atoms with E-state index in [1.165, 1.54) is 12.0 Å². The Labute approximate surface area is 118 Å². The first kappa shape index (κ1) is 13.6. The molecule has 18 heavy (non-hydrogen) atoms. The fourth-order valence-electron chi connectivity index (χ4n) is 2.37. The topological polar surface area (TPSA) is 21.3 Å². The van der Waals surface area contributed by atoms with Gasteiger partial charge in [-0.25, -0.2) is 0 Å². The largest absolute Gasteiger partial charge is 0.488 e. The Hall–Kier alpha value is -0.800. The molecule has 0 spiro atoms. The molecule has 1 N–H and O–H groups in total. The van der Waals surface area contributed by atoms with Gasteiger partial charge in [-0.15, -0.1) is 0 Å². The normalized spacial score (nSPS) is 23.1. The van der Waals surface area contributed by atoms with Gasteiger partial charge in [-0.1, -0.05) is 18.7 Å². The summed E-state index contributed by atoms with van der Waals surface area (Å²) in [4.78, 5) is 0. The third-order valence-electron chi connectivity index (χ3n) is 3.40. The fourth-order valence-corrected chi connectivity index (χ4v) is 3.19. The van der Waals surface area contributed by atoms with Crippen LogP contribution >= 0.6 is 15.9 Å². The number of nitrogens with one attached hydrogen (secondary N) is 1. The molecule has 0 aromatic heterocycles. The predicted octanol–water partition coefficient (Wildman–Crippen LogP) is 4.00. The molecule has 1 unspecified atom stereocenters. The van der Waals surface area contributed by atoms with Crippen molar-refractivity contribution in [1.82, 2.24) is 5.32 Å². The first-order valence-electron chi connectivity index (χ1n) is 6.34. The Morgan fingerprint density at radius 1 is 1.56 bits per heavy atom. The highest BCUT2D eigenvalue weighted by Gasteiger charge is 2.32. The minimum Gasteiger partial charge on any atom is -0.488 e. The Kier molecular flexibility index (Phi) is 4.13. The van der Waals surface area contributed by atoms with Gasteiger partial charge in [0.1, 0.15) is 12.4 Å². The maximum atomic E-state index is 5.77. The van der Waals surface area contributed by atoms with Crippen LogP contribution in [0.15, 0.2) is 34.8 Å². The van der Waals surface area contributed by atoms with Crippen LogP contribution in [0.1, 0.15) is 32.3 Å². The maximum Gasteiger partial charge on any atom is 0.134 e. The van der Waals surface area contributed by atoms with E-state index in [1.54, 1.807) is 0 Å². The van der Waals surface area contributed by atoms with E-state index < -0.39 is 0 Å². The van der Waals surface area contributed by atoms with Crippen LogP contribution in [0.2, 0.25) is 0 Å². The van der Waals surface area contributed by atoms with Crippen molar-refractivity contribution in [2.45, 2.75) is 32.2 Å². The summed E-state index contributed by atoms with van der Waals surface area (Å²) in [7, 11) is 0. The summed E-state index contributed by atoms with van der Waals surface area (Å²) in [6, 6.07) is 6.21. The van der Waals surface area contributed by atoms with Crippen LogP contribution in [0.5, 0.6) is 5.75 Å². The third kappa shape index (κ3) is 2.78. The van der Waals surface area contributed by atoms with Gasteiger partial charge >= 0.3 is 0 Å². The monoisotopic (exact) mass is 309 g/mol. The minimum atomic E-state index is 0.0570. The summed E-state index contributed by atoms with van der Waals surface area (Å²) in [5, 5.41) is 3.58. The summed E-state index contributed by atoms with van der Waals surface area (Å²) in [6.07, 6.45) is 2.38. The minimum absolute atomic E-state index is 0.0570. The summed E-state index contributed by atoms with van der Waals surface area (Å²) in [6.45, 7) is 9.73. The maximum absolute atomic E-state index is 5.77. The first-order chi connectivity index (χ1) is 8.53. The Morgan fingerprint density at radius 3 is 2.94 bits per heavy atom. The molecule has 0 amide bonds. The van der Waals surface area contributed by atoms with E-state index in [9.17, 15) is 0 Å². The average molecular weight is 310 g/mol. The molecule has 1 saturated heterocycles. The Balaban J connectivity index is 2.26. The van der Waals surface area contributed by atoms with E-state index in [0.29, 0.717) is 6.61 Å². The molecular weight excluding hydrogens is 290 g/mol. The fraction of sp³-hybridized carbons (Fsp3) is 0.467. The van der Waals surface area contributed by atoms with Crippen LogP contribution in [0.3, 0.4) is 0 Å². The summed E-state index contributed by atoms with van der Waals surface area (Å²) in [5.74, 6) is 0.894. The predicted molar refractivity (Wildman–Crippen MR) is 79.0 cm³/mol. The van der Waals surface area contributed by atoms with E-state index in [4.69, 9.17) is 4.74 Å². The number of ether oxygens (including phenoxy) is 1. The van der Waals surface area contributed by atoms with Gasteiger partial charge in [-0.3, -0.25) is 0 Å². The van der Waals surface area contributed by atoms with Gasteiger partial charge in [0.2, 0.25) is 0 Å². The van der Waals surface area contributed by atoms with Gasteiger partial charge < -0.3 is 10.1 Å². The molecule has 0 radical (unpaired) electrons. The van der Waals surface area contributed by atoms with Crippen LogP contribution in [0.25, 0.3) is 0 Å². The zero-order valence-corrected chi connectivity index (χ0v) is 12.6. The van der Waals surface area contributed by atoms with E-state index in [2.05, 4.69) is 46.9 Å². The zero-order chi connectivity index (χ0) is 13.2. The lowest BCUT2D eigenvalue weighted by molar-refractivity contribution is 0.346. The Bertz CT molecular complexity index is 450. The van der Waals surface area contributed by atoms with Crippen molar-refractivity contribution in [3.63, 3.8) is 0 Å². The van der Waals surface area contributed by atoms with Crippen molar-refractivity contribution in [2.24, 2.45) is 0 Å². The van der Waals surface area contributed by atoms with Gasteiger partial charge in [0.15, 0.2) is 0 Å². The lowest BCUT2D eigenvalue weighted by Crippen LogP contribution is -2.33. The quantitative estimate of drug-likeness (QED) is 0.849. The van der Waals surface area contributed by atoms with Gasteiger partial charge in [-0.05, 0) is 66.4 Å². The van der Waals surface area contributed by atoms with Gasteiger partial charge in [0.25, 0.3) is 0 Å². The number of halogens is 1. The second-order valence-electron chi connectivity index (χ2n) is 5.23. The van der Waals surface area contributed by atoms with Crippen LogP contribution < -0.4 is 10.1 Å². The summed E-state index contributed by atoms with van der Waals surface area (Å²) < 4.78 is 6.83. The second-order valence-corrected chi connectivity index (χ2v) is 6.02. The van der Waals surface area contributed by atoms with Crippen LogP contribution in [-0.2, 0) is 5.54 Å². The number of rotatable bonds is 4. The molecule has 1 aromatic carbocycles. The lowest BCUT2D eigenvalue weighted by atomic mass is 9.90. The average Bonchev–Trinajstić information content (AvgIpc) is 2.75. The highest BCUT2D eigenvalue weighted by molar-refractivity contribution is 9.10. The van der Waals surface area contributed by atoms with Crippen molar-refractivity contribution < 1.29 is 4.74 Å². The number of hydrogen-bond acceptors (Lipinski definition) is 2. The molecule has 0 saturated carbocycles. The van der Waals surface area contributed by atoms with Gasteiger partial charge in [0.05, 0.1) is 4.47 Å². The van der Waals surface area contributed by atoms with Crippen molar-refractivity contribution in [2.75, 3.05) is 13.2 Å². The standard InChI is InChI=1S/C15H20BrNO/c1-11(2)10-18-13-7-4-6-12(14(13)16)15(3)8-5-9-17-15/h4,6-7,17H,1,5,8-10H2,2-3H3. The van der Waals surface area contributed by atoms with E-state index in [1.807, 2.05) is 13.0 Å². The van der Waals surface area contributed by atoms with Gasteiger partial charge in [0, 0.05) is 5.54 Å². The molecule has 2 nitrogen and oxygen atoms in total. The van der Waals surface area contributed by atoms with E-state index in [-0.39, 0.29) is 5.54 Å². The van der Waals surface area contributed by atoms with Crippen molar-refractivity contribution >= 4 is 15.9 Å². The van der Waals surface area contributed by atoms with Gasteiger partial charge in [-0.2, -0.15) is 0 Å². The highest BCUT2D eigenvalue weighted by Crippen LogP contribution is 2.39. The number of hydrogen-bond donors (Lipinski definition) is 1. The van der Waals surface area contributed by atoms with Crippen molar-refractivity contribution in [3.05, 3.63) is 40.4 Å². The molecule has 0 bridgehead atoms. The zero-order valence-electron chi connectivity index (χ0n) is 11.1. The molecule has 2 rings (SSSR count). The lowest BCUT2D eigenvalue weighted by Gasteiger charge is -2.27. The molecule has 0 aliphatic carbocycles. The van der Waals surface area contributed by atoms with Crippen LogP contribution in [-0.4, -0.2) is 13.2 Å². The summed E-state index contributed by atoms with van der Waals surface area (Å²) in [5.41, 5.74) is 2.36. The van der Waals surface area contributed by atoms with E-state index in [0.717, 1.165) is 28.8 Å². The van der Waals surface area contributed by atoms with Crippen LogP contribution in [0.4, 0.5) is 0 Å². The van der Waals surface area contributed by atoms with Crippen molar-refractivity contribution in [1.29, 1.82) is 0 Å². The van der Waals surface area contributed by atoms with Crippen molar-refractivity contribution in [3.8, 4) is 5.75 Å². The smallest absolute Gasteiger partial charge is 0.134 e. The highest BCUT2D eigenvalue weighted by atomic mass is 79.9. The molecule has 1 atom stereocenters. The third-order valence-corrected chi connectivity index (χ3v) is 4.22. The van der Waals surface area contributed by atoms with E-state index >= 15 is 0 Å². The molecular formula is C15H20BrNO. The summed E-state index contributed by atoms with van der Waals surface area (Å²) >= 11 is 3.68. The second kappa shape index (κ2) is 5.45. The Morgan fingerprint density at radius 2 is 2.33 bits per heavy atom. The molecule has 1 aromatic rings. The number of benzene rings is 1.